The van der Waals surface area contributed by atoms with Gasteiger partial charge in [-0.1, -0.05) is 17.8 Å². The van der Waals surface area contributed by atoms with Gasteiger partial charge in [0.1, 0.15) is 5.75 Å². The third-order valence-electron chi connectivity index (χ3n) is 5.90. The van der Waals surface area contributed by atoms with Crippen molar-refractivity contribution < 1.29 is 14.3 Å². The minimum Gasteiger partial charge on any atom is -0.497 e. The number of nitrogens with zero attached hydrogens (tertiary/aromatic N) is 4. The molecule has 0 radical (unpaired) electrons. The van der Waals surface area contributed by atoms with Crippen molar-refractivity contribution in [1.82, 2.24) is 14.8 Å². The molecule has 1 fully saturated rings. The van der Waals surface area contributed by atoms with Crippen LogP contribution in [0.15, 0.2) is 40.9 Å². The summed E-state index contributed by atoms with van der Waals surface area (Å²) in [5.74, 6) is 2.08. The van der Waals surface area contributed by atoms with Crippen molar-refractivity contribution in [3.8, 4) is 16.5 Å². The summed E-state index contributed by atoms with van der Waals surface area (Å²) in [6, 6.07) is 10.0. The molecule has 2 aliphatic rings. The molecule has 1 saturated heterocycles. The highest BCUT2D eigenvalue weighted by Crippen LogP contribution is 2.32. The van der Waals surface area contributed by atoms with Gasteiger partial charge >= 0.3 is 0 Å². The van der Waals surface area contributed by atoms with Crippen LogP contribution in [0.3, 0.4) is 0 Å². The predicted molar refractivity (Wildman–Crippen MR) is 127 cm³/mol. The number of aromatic nitrogens is 3. The predicted octanol–water partition coefficient (Wildman–Crippen LogP) is 4.27. The zero-order valence-corrected chi connectivity index (χ0v) is 19.7. The van der Waals surface area contributed by atoms with Crippen molar-refractivity contribution >= 4 is 34.7 Å². The lowest BCUT2D eigenvalue weighted by molar-refractivity contribution is -0.116. The first-order valence-corrected chi connectivity index (χ1v) is 12.8. The number of hydrogen-bond acceptors (Lipinski definition) is 7. The van der Waals surface area contributed by atoms with E-state index >= 15 is 0 Å². The first kappa shape index (κ1) is 21.5. The Hall–Kier alpha value is -2.36. The highest BCUT2D eigenvalue weighted by molar-refractivity contribution is 7.99. The van der Waals surface area contributed by atoms with Crippen LogP contribution in [-0.2, 0) is 22.5 Å². The van der Waals surface area contributed by atoms with Gasteiger partial charge in [-0.05, 0) is 60.9 Å². The van der Waals surface area contributed by atoms with Crippen LogP contribution in [0.4, 0.5) is 5.69 Å². The molecular formula is C23H26N4O3S2. The van der Waals surface area contributed by atoms with Gasteiger partial charge in [0.25, 0.3) is 0 Å². The zero-order valence-electron chi connectivity index (χ0n) is 18.0. The van der Waals surface area contributed by atoms with E-state index in [1.165, 1.54) is 11.8 Å². The van der Waals surface area contributed by atoms with Gasteiger partial charge in [-0.3, -0.25) is 9.36 Å². The van der Waals surface area contributed by atoms with E-state index in [2.05, 4.69) is 20.8 Å². The van der Waals surface area contributed by atoms with Crippen LogP contribution < -0.4 is 9.64 Å². The zero-order chi connectivity index (χ0) is 21.9. The molecule has 9 heteroatoms. The molecule has 1 aromatic carbocycles. The van der Waals surface area contributed by atoms with Gasteiger partial charge < -0.3 is 14.4 Å². The van der Waals surface area contributed by atoms with Crippen LogP contribution in [-0.4, -0.2) is 52.8 Å². The fourth-order valence-corrected chi connectivity index (χ4v) is 5.84. The molecule has 1 unspecified atom stereocenters. The first-order chi connectivity index (χ1) is 15.7. The average Bonchev–Trinajstić information content (AvgIpc) is 3.59. The second-order valence-corrected chi connectivity index (χ2v) is 9.85. The summed E-state index contributed by atoms with van der Waals surface area (Å²) in [6.45, 7) is 2.26. The number of fused-ring (bicyclic) bond motifs is 1. The molecule has 5 rings (SSSR count). The lowest BCUT2D eigenvalue weighted by Crippen LogP contribution is -2.36. The number of aryl methyl sites for hydroxylation is 1. The minimum absolute atomic E-state index is 0.0884. The Labute approximate surface area is 195 Å². The molecule has 4 heterocycles. The number of rotatable bonds is 7. The number of thioether (sulfide) groups is 1. The monoisotopic (exact) mass is 470 g/mol. The first-order valence-electron chi connectivity index (χ1n) is 10.9. The normalized spacial score (nSPS) is 18.0. The van der Waals surface area contributed by atoms with Crippen LogP contribution in [0.25, 0.3) is 10.7 Å². The molecule has 0 aliphatic carbocycles. The van der Waals surface area contributed by atoms with Gasteiger partial charge in [0, 0.05) is 18.8 Å². The third kappa shape index (κ3) is 4.42. The number of thiophene rings is 1. The van der Waals surface area contributed by atoms with Crippen LogP contribution in [0.2, 0.25) is 0 Å². The highest BCUT2D eigenvalue weighted by atomic mass is 32.2. The number of hydrogen-bond donors (Lipinski definition) is 0. The number of benzene rings is 1. The molecule has 0 N–H and O–H groups in total. The smallest absolute Gasteiger partial charge is 0.237 e. The molecule has 1 amide bonds. The molecule has 32 heavy (non-hydrogen) atoms. The van der Waals surface area contributed by atoms with E-state index in [4.69, 9.17) is 9.47 Å². The second-order valence-electron chi connectivity index (χ2n) is 7.96. The Morgan fingerprint density at radius 2 is 2.25 bits per heavy atom. The van der Waals surface area contributed by atoms with Crippen molar-refractivity contribution in [1.29, 1.82) is 0 Å². The SMILES string of the molecule is COc1ccc2c(c1)CCCN2C(=O)CSc1nnc(-c2cccs2)n1CC1CCCO1. The Kier molecular flexibility index (Phi) is 6.47. The van der Waals surface area contributed by atoms with Gasteiger partial charge in [0.2, 0.25) is 5.91 Å². The maximum absolute atomic E-state index is 13.2. The number of amides is 1. The van der Waals surface area contributed by atoms with E-state index in [0.717, 1.165) is 71.7 Å². The minimum atomic E-state index is 0.0884. The lowest BCUT2D eigenvalue weighted by Gasteiger charge is -2.29. The maximum atomic E-state index is 13.2. The summed E-state index contributed by atoms with van der Waals surface area (Å²) in [7, 11) is 1.67. The summed E-state index contributed by atoms with van der Waals surface area (Å²) in [5.41, 5.74) is 2.15. The number of ether oxygens (including phenoxy) is 2. The van der Waals surface area contributed by atoms with Gasteiger partial charge in [-0.25, -0.2) is 0 Å². The topological polar surface area (TPSA) is 69.5 Å². The number of carbonyl (C=O) groups excluding carboxylic acids is 1. The largest absolute Gasteiger partial charge is 0.497 e. The third-order valence-corrected chi connectivity index (χ3v) is 7.72. The second kappa shape index (κ2) is 9.64. The van der Waals surface area contributed by atoms with E-state index in [1.54, 1.807) is 18.4 Å². The van der Waals surface area contributed by atoms with Crippen molar-refractivity contribution in [2.45, 2.75) is 43.5 Å². The van der Waals surface area contributed by atoms with Crippen molar-refractivity contribution in [3.05, 3.63) is 41.3 Å². The molecular weight excluding hydrogens is 444 g/mol. The van der Waals surface area contributed by atoms with Gasteiger partial charge in [0.15, 0.2) is 11.0 Å². The van der Waals surface area contributed by atoms with Crippen molar-refractivity contribution in [3.63, 3.8) is 0 Å². The van der Waals surface area contributed by atoms with Crippen molar-refractivity contribution in [2.75, 3.05) is 30.9 Å². The van der Waals surface area contributed by atoms with E-state index < -0.39 is 0 Å². The van der Waals surface area contributed by atoms with E-state index in [9.17, 15) is 4.79 Å². The molecule has 0 saturated carbocycles. The van der Waals surface area contributed by atoms with Crippen LogP contribution in [0.5, 0.6) is 5.75 Å². The molecule has 1 atom stereocenters. The Morgan fingerprint density at radius 1 is 1.31 bits per heavy atom. The molecule has 0 spiro atoms. The fourth-order valence-electron chi connectivity index (χ4n) is 4.30. The summed E-state index contributed by atoms with van der Waals surface area (Å²) in [6.07, 6.45) is 4.21. The quantitative estimate of drug-likeness (QED) is 0.481. The summed E-state index contributed by atoms with van der Waals surface area (Å²) >= 11 is 3.10. The Morgan fingerprint density at radius 3 is 3.03 bits per heavy atom. The maximum Gasteiger partial charge on any atom is 0.237 e. The van der Waals surface area contributed by atoms with E-state index in [-0.39, 0.29) is 12.0 Å². The van der Waals surface area contributed by atoms with Gasteiger partial charge in [-0.15, -0.1) is 21.5 Å². The fraction of sp³-hybridized carbons (Fsp3) is 0.435. The Bertz CT molecular complexity index is 1080. The number of methoxy groups -OCH3 is 1. The number of carbonyl (C=O) groups is 1. The highest BCUT2D eigenvalue weighted by Gasteiger charge is 2.26. The molecule has 168 valence electrons. The van der Waals surface area contributed by atoms with Gasteiger partial charge in [0.05, 0.1) is 30.4 Å². The van der Waals surface area contributed by atoms with E-state index in [0.29, 0.717) is 12.3 Å². The van der Waals surface area contributed by atoms with Gasteiger partial charge in [-0.2, -0.15) is 0 Å². The number of anilines is 1. The average molecular weight is 471 g/mol. The van der Waals surface area contributed by atoms with Crippen LogP contribution in [0.1, 0.15) is 24.8 Å². The van der Waals surface area contributed by atoms with Crippen LogP contribution in [0, 0.1) is 0 Å². The van der Waals surface area contributed by atoms with E-state index in [1.807, 2.05) is 34.5 Å². The Balaban J connectivity index is 1.33. The molecule has 2 aromatic heterocycles. The lowest BCUT2D eigenvalue weighted by atomic mass is 10.0. The molecule has 3 aromatic rings. The standard InChI is InChI=1S/C23H26N4O3S2/c1-29-17-8-9-19-16(13-17)5-2-10-26(19)21(28)15-32-23-25-24-22(20-7-4-12-31-20)27(23)14-18-6-3-11-30-18/h4,7-9,12-13,18H,2-3,5-6,10-11,14-15H2,1H3. The summed E-state index contributed by atoms with van der Waals surface area (Å²) < 4.78 is 13.3. The van der Waals surface area contributed by atoms with Crippen molar-refractivity contribution in [2.24, 2.45) is 0 Å². The van der Waals surface area contributed by atoms with Crippen LogP contribution >= 0.6 is 23.1 Å². The summed E-state index contributed by atoms with van der Waals surface area (Å²) in [4.78, 5) is 16.1. The molecule has 2 aliphatic heterocycles. The molecule has 0 bridgehead atoms. The summed E-state index contributed by atoms with van der Waals surface area (Å²) in [5, 5.41) is 11.7. The molecule has 7 nitrogen and oxygen atoms in total.